The van der Waals surface area contributed by atoms with Gasteiger partial charge in [0.05, 0.1) is 0 Å². The molecule has 2 rings (SSSR count). The molecule has 0 unspecified atom stereocenters. The summed E-state index contributed by atoms with van der Waals surface area (Å²) < 4.78 is 25.7. The molecule has 18 heavy (non-hydrogen) atoms. The fraction of sp³-hybridized carbons (Fsp3) is 0.0769. The van der Waals surface area contributed by atoms with E-state index in [0.29, 0.717) is 22.1 Å². The van der Waals surface area contributed by atoms with Crippen LogP contribution >= 0.6 is 11.6 Å². The quantitative estimate of drug-likeness (QED) is 0.798. The highest BCUT2D eigenvalue weighted by molar-refractivity contribution is 6.30. The number of alkyl halides is 2. The molecule has 0 aliphatic rings. The maximum Gasteiger partial charge on any atom is 0.265 e. The Kier molecular flexibility index (Phi) is 3.67. The SMILES string of the molecule is Nc1ccc(Nc2ccc(Cl)cc2)c(C(F)F)c1. The van der Waals surface area contributed by atoms with Crippen molar-refractivity contribution in [2.24, 2.45) is 0 Å². The predicted molar refractivity (Wildman–Crippen MR) is 70.5 cm³/mol. The van der Waals surface area contributed by atoms with E-state index in [0.717, 1.165) is 0 Å². The van der Waals surface area contributed by atoms with Gasteiger partial charge in [0.1, 0.15) is 0 Å². The molecule has 2 aromatic carbocycles. The minimum absolute atomic E-state index is 0.120. The molecule has 2 nitrogen and oxygen atoms in total. The smallest absolute Gasteiger partial charge is 0.265 e. The Labute approximate surface area is 108 Å². The zero-order valence-electron chi connectivity index (χ0n) is 9.33. The molecule has 0 saturated heterocycles. The number of anilines is 3. The van der Waals surface area contributed by atoms with Crippen LogP contribution in [0.25, 0.3) is 0 Å². The lowest BCUT2D eigenvalue weighted by Crippen LogP contribution is -1.98. The Bertz CT molecular complexity index is 541. The average Bonchev–Trinajstić information content (AvgIpc) is 2.34. The number of nitrogen functional groups attached to an aromatic ring is 1. The van der Waals surface area contributed by atoms with Crippen LogP contribution in [-0.2, 0) is 0 Å². The third kappa shape index (κ3) is 2.90. The van der Waals surface area contributed by atoms with Gasteiger partial charge in [0.15, 0.2) is 0 Å². The second kappa shape index (κ2) is 5.23. The summed E-state index contributed by atoms with van der Waals surface area (Å²) in [5.74, 6) is 0. The van der Waals surface area contributed by atoms with Crippen molar-refractivity contribution in [2.45, 2.75) is 6.43 Å². The first-order valence-corrected chi connectivity index (χ1v) is 5.64. The molecule has 0 saturated carbocycles. The zero-order valence-corrected chi connectivity index (χ0v) is 10.1. The highest BCUT2D eigenvalue weighted by Gasteiger charge is 2.13. The highest BCUT2D eigenvalue weighted by Crippen LogP contribution is 2.31. The largest absolute Gasteiger partial charge is 0.399 e. The van der Waals surface area contributed by atoms with E-state index in [-0.39, 0.29) is 5.56 Å². The Balaban J connectivity index is 2.31. The average molecular weight is 269 g/mol. The van der Waals surface area contributed by atoms with E-state index in [2.05, 4.69) is 5.32 Å². The van der Waals surface area contributed by atoms with Crippen LogP contribution < -0.4 is 11.1 Å². The molecule has 0 aliphatic heterocycles. The topological polar surface area (TPSA) is 38.0 Å². The van der Waals surface area contributed by atoms with Crippen molar-refractivity contribution in [3.63, 3.8) is 0 Å². The van der Waals surface area contributed by atoms with E-state index in [4.69, 9.17) is 17.3 Å². The second-order valence-corrected chi connectivity index (χ2v) is 4.22. The first kappa shape index (κ1) is 12.6. The number of hydrogen-bond acceptors (Lipinski definition) is 2. The fourth-order valence-corrected chi connectivity index (χ4v) is 1.69. The Morgan fingerprint density at radius 3 is 2.33 bits per heavy atom. The summed E-state index contributed by atoms with van der Waals surface area (Å²) in [4.78, 5) is 0. The van der Waals surface area contributed by atoms with Gasteiger partial charge in [-0.2, -0.15) is 0 Å². The summed E-state index contributed by atoms with van der Waals surface area (Å²) in [6, 6.07) is 11.2. The molecule has 0 radical (unpaired) electrons. The van der Waals surface area contributed by atoms with Gasteiger partial charge in [0.25, 0.3) is 6.43 Å². The maximum atomic E-state index is 12.9. The van der Waals surface area contributed by atoms with E-state index in [1.165, 1.54) is 12.1 Å². The zero-order chi connectivity index (χ0) is 13.1. The van der Waals surface area contributed by atoms with E-state index in [1.807, 2.05) is 0 Å². The Morgan fingerprint density at radius 2 is 1.72 bits per heavy atom. The molecule has 0 aliphatic carbocycles. The number of rotatable bonds is 3. The molecule has 0 amide bonds. The standard InChI is InChI=1S/C13H11ClF2N2/c14-8-1-4-10(5-2-8)18-12-6-3-9(17)7-11(12)13(15)16/h1-7,13,18H,17H2. The van der Waals surface area contributed by atoms with E-state index in [1.54, 1.807) is 30.3 Å². The lowest BCUT2D eigenvalue weighted by molar-refractivity contribution is 0.152. The van der Waals surface area contributed by atoms with Crippen LogP contribution in [0.5, 0.6) is 0 Å². The monoisotopic (exact) mass is 268 g/mol. The Morgan fingerprint density at radius 1 is 1.06 bits per heavy atom. The van der Waals surface area contributed by atoms with Crippen LogP contribution in [0.4, 0.5) is 25.8 Å². The molecule has 0 aromatic heterocycles. The fourth-order valence-electron chi connectivity index (χ4n) is 1.56. The lowest BCUT2D eigenvalue weighted by Gasteiger charge is -2.12. The summed E-state index contributed by atoms with van der Waals surface area (Å²) in [7, 11) is 0. The summed E-state index contributed by atoms with van der Waals surface area (Å²) in [6.45, 7) is 0. The number of benzene rings is 2. The van der Waals surface area contributed by atoms with Crippen LogP contribution in [0.15, 0.2) is 42.5 Å². The Hall–Kier alpha value is -1.81. The molecule has 0 fully saturated rings. The molecule has 5 heteroatoms. The summed E-state index contributed by atoms with van der Waals surface area (Å²) in [5, 5.41) is 3.50. The molecule has 0 spiro atoms. The van der Waals surface area contributed by atoms with Crippen molar-refractivity contribution in [1.29, 1.82) is 0 Å². The van der Waals surface area contributed by atoms with Crippen LogP contribution in [0.1, 0.15) is 12.0 Å². The van der Waals surface area contributed by atoms with E-state index in [9.17, 15) is 8.78 Å². The van der Waals surface area contributed by atoms with Crippen LogP contribution in [0.3, 0.4) is 0 Å². The second-order valence-electron chi connectivity index (χ2n) is 3.78. The molecule has 0 heterocycles. The van der Waals surface area contributed by atoms with Gasteiger partial charge in [-0.3, -0.25) is 0 Å². The molecule has 94 valence electrons. The van der Waals surface area contributed by atoms with Gasteiger partial charge in [-0.15, -0.1) is 0 Å². The number of halogens is 3. The van der Waals surface area contributed by atoms with Gasteiger partial charge < -0.3 is 11.1 Å². The molecular formula is C13H11ClF2N2. The molecule has 0 bridgehead atoms. The van der Waals surface area contributed by atoms with Gasteiger partial charge in [-0.25, -0.2) is 8.78 Å². The van der Waals surface area contributed by atoms with Crippen LogP contribution in [-0.4, -0.2) is 0 Å². The predicted octanol–water partition coefficient (Wildman–Crippen LogP) is 4.60. The molecule has 2 aromatic rings. The van der Waals surface area contributed by atoms with Gasteiger partial charge in [-0.1, -0.05) is 11.6 Å². The van der Waals surface area contributed by atoms with Crippen molar-refractivity contribution in [1.82, 2.24) is 0 Å². The first-order chi connectivity index (χ1) is 8.56. The lowest BCUT2D eigenvalue weighted by atomic mass is 10.1. The van der Waals surface area contributed by atoms with Gasteiger partial charge >= 0.3 is 0 Å². The van der Waals surface area contributed by atoms with Gasteiger partial charge in [-0.05, 0) is 42.5 Å². The van der Waals surface area contributed by atoms with Crippen molar-refractivity contribution < 1.29 is 8.78 Å². The van der Waals surface area contributed by atoms with Crippen LogP contribution in [0.2, 0.25) is 5.02 Å². The normalized spacial score (nSPS) is 10.7. The molecular weight excluding hydrogens is 258 g/mol. The van der Waals surface area contributed by atoms with Crippen molar-refractivity contribution >= 4 is 28.7 Å². The van der Waals surface area contributed by atoms with Crippen molar-refractivity contribution in [3.8, 4) is 0 Å². The van der Waals surface area contributed by atoms with Gasteiger partial charge in [0, 0.05) is 27.6 Å². The molecule has 3 N–H and O–H groups in total. The first-order valence-electron chi connectivity index (χ1n) is 5.26. The molecule has 0 atom stereocenters. The van der Waals surface area contributed by atoms with E-state index >= 15 is 0 Å². The van der Waals surface area contributed by atoms with E-state index < -0.39 is 6.43 Å². The van der Waals surface area contributed by atoms with Crippen molar-refractivity contribution in [2.75, 3.05) is 11.1 Å². The van der Waals surface area contributed by atoms with Crippen LogP contribution in [0, 0.1) is 0 Å². The third-order valence-electron chi connectivity index (χ3n) is 2.43. The summed E-state index contributed by atoms with van der Waals surface area (Å²) >= 11 is 5.75. The van der Waals surface area contributed by atoms with Crippen molar-refractivity contribution in [3.05, 3.63) is 53.1 Å². The minimum Gasteiger partial charge on any atom is -0.399 e. The van der Waals surface area contributed by atoms with Gasteiger partial charge in [0.2, 0.25) is 0 Å². The number of nitrogens with two attached hydrogens (primary N) is 1. The minimum atomic E-state index is -2.58. The summed E-state index contributed by atoms with van der Waals surface area (Å²) in [6.07, 6.45) is -2.58. The number of nitrogens with one attached hydrogen (secondary N) is 1. The summed E-state index contributed by atoms with van der Waals surface area (Å²) in [5.41, 5.74) is 6.71. The highest BCUT2D eigenvalue weighted by atomic mass is 35.5. The number of hydrogen-bond donors (Lipinski definition) is 2. The third-order valence-corrected chi connectivity index (χ3v) is 2.69. The maximum absolute atomic E-state index is 12.9.